The molecule has 0 bridgehead atoms. The van der Waals surface area contributed by atoms with Crippen molar-refractivity contribution >= 4 is 138 Å². The van der Waals surface area contributed by atoms with Crippen LogP contribution in [-0.4, -0.2) is 293 Å². The number of amides is 14. The Labute approximate surface area is 711 Å². The highest BCUT2D eigenvalue weighted by atomic mass is 32.1. The SMILES string of the molecule is CC(C)C[C@H](NC(=O)[C@H](CCCNC(=N)N)NC(=O)[C@H](C)NC(=O)[C@H](Cc1cnc[nH]1)NC(=O)[C@H](Cc1cnc[nH]1)NC(=O)CNC(=O)[C@@H](NC(=O)[C@H](CCCNC(=N)N)NC(=O)[C@H](Cc1ccc(O)cc1)NC(=O)[C@H](CCCNC(=N)N)NC(=O)[C@H](C)NC(=O)[C@H](CO)NC(=O)[C@H](CCC(=O)O)NC(=O)[C@@H](N)CS)[C@@H](C)O)C(=O)N[C@@H](CS)C(=O)O. The van der Waals surface area contributed by atoms with Gasteiger partial charge in [-0.3, -0.25) is 88.1 Å². The molecule has 14 amide bonds. The number of aliphatic hydroxyl groups excluding tert-OH is 2. The van der Waals surface area contributed by atoms with Gasteiger partial charge in [0.15, 0.2) is 17.9 Å². The molecule has 0 spiro atoms. The summed E-state index contributed by atoms with van der Waals surface area (Å²) in [6.45, 7) is 4.85. The first-order valence-corrected chi connectivity index (χ1v) is 39.7. The molecule has 49 nitrogen and oxygen atoms in total. The van der Waals surface area contributed by atoms with Crippen molar-refractivity contribution in [3.05, 3.63) is 66.3 Å². The van der Waals surface area contributed by atoms with E-state index in [1.165, 1.54) is 56.2 Å². The first kappa shape index (κ1) is 104. The van der Waals surface area contributed by atoms with Crippen LogP contribution < -0.4 is 113 Å². The van der Waals surface area contributed by atoms with Crippen molar-refractivity contribution in [2.45, 2.75) is 202 Å². The molecule has 2 aromatic heterocycles. The maximum absolute atomic E-state index is 14.8. The summed E-state index contributed by atoms with van der Waals surface area (Å²) in [5.74, 6) is -19.5. The minimum absolute atomic E-state index is 0.0107. The molecule has 1 aromatic carbocycles. The van der Waals surface area contributed by atoms with Crippen LogP contribution in [0.4, 0.5) is 0 Å². The number of phenols is 1. The standard InChI is InChI=1S/C71H114N28O21S2/c1-33(2)21-46(63(114)98-51(30-122)68(119)120)94-58(109)42(9-6-18-81-69(73)74)90-55(106)34(3)87-62(113)49(24-39-26-80-32-86-39)96-65(116)48(23-38-25-79-31-85-38)89-52(103)27-84-67(118)54(36(5)101)99-61(112)44(11-8-20-83-71(77)78)93-64(115)47(22-37-12-14-40(102)15-13-37)95-59(110)43(10-7-19-82-70(75)76)91-56(107)35(4)88-66(117)50(28-100)97-60(111)45(16-17-53(104)105)92-57(108)41(72)29-121/h12-15,25-26,31-36,41-51,54,100-102,121-122H,6-11,16-24,27-30,72H2,1-5H3,(H,79,85)(H,80,86)(H,84,118)(H,87,113)(H,88,117)(H,89,103)(H,90,106)(H,91,107)(H,92,108)(H,93,115)(H,94,109)(H,95,110)(H,96,116)(H,97,111)(H,98,114)(H,99,112)(H,104,105)(H,119,120)(H4,73,74,81)(H4,75,76,82)(H4,77,78,83)/t34-,35-,36+,41-,42-,43-,44-,45-,46-,47-,48-,49-,50-,51-,54-/m0/s1. The van der Waals surface area contributed by atoms with E-state index in [-0.39, 0.29) is 112 Å². The van der Waals surface area contributed by atoms with Crippen molar-refractivity contribution in [2.75, 3.05) is 44.3 Å². The molecule has 51 heteroatoms. The Hall–Kier alpha value is -12.6. The number of carbonyl (C=O) groups excluding carboxylic acids is 14. The number of hydrogen-bond donors (Lipinski definition) is 33. The molecule has 0 aliphatic rings. The lowest BCUT2D eigenvalue weighted by Crippen LogP contribution is -2.61. The summed E-state index contributed by atoms with van der Waals surface area (Å²) in [6.07, 6.45) is 0.592. The van der Waals surface area contributed by atoms with E-state index in [9.17, 15) is 102 Å². The van der Waals surface area contributed by atoms with E-state index >= 15 is 0 Å². The molecule has 0 saturated heterocycles. The molecular weight excluding hydrogens is 1650 g/mol. The van der Waals surface area contributed by atoms with Gasteiger partial charge in [0.1, 0.15) is 84.3 Å². The maximum Gasteiger partial charge on any atom is 0.327 e. The van der Waals surface area contributed by atoms with Crippen LogP contribution in [-0.2, 0) is 96.0 Å². The van der Waals surface area contributed by atoms with Gasteiger partial charge in [-0.15, -0.1) is 0 Å². The van der Waals surface area contributed by atoms with Gasteiger partial charge < -0.3 is 149 Å². The maximum atomic E-state index is 14.8. The molecule has 0 aliphatic carbocycles. The van der Waals surface area contributed by atoms with Crippen LogP contribution in [0.5, 0.6) is 5.75 Å². The lowest BCUT2D eigenvalue weighted by atomic mass is 10.0. The quantitative estimate of drug-likeness (QED) is 0.0108. The predicted octanol–water partition coefficient (Wildman–Crippen LogP) is -10.3. The number of rotatable bonds is 56. The fraction of sp³-hybridized carbons (Fsp3) is 0.563. The number of carbonyl (C=O) groups is 16. The third-order valence-corrected chi connectivity index (χ3v) is 18.6. The highest BCUT2D eigenvalue weighted by molar-refractivity contribution is 7.80. The lowest BCUT2D eigenvalue weighted by molar-refractivity contribution is -0.141. The van der Waals surface area contributed by atoms with Gasteiger partial charge in [-0.25, -0.2) is 14.8 Å². The van der Waals surface area contributed by atoms with Gasteiger partial charge in [-0.2, -0.15) is 25.3 Å². The van der Waals surface area contributed by atoms with E-state index in [1.54, 1.807) is 13.8 Å². The van der Waals surface area contributed by atoms with Crippen LogP contribution in [0.1, 0.15) is 109 Å². The average molecular weight is 1760 g/mol. The number of aromatic hydroxyl groups is 1. The van der Waals surface area contributed by atoms with Crippen LogP contribution in [0.15, 0.2) is 49.3 Å². The van der Waals surface area contributed by atoms with Gasteiger partial charge in [-0.1, -0.05) is 26.0 Å². The number of nitrogens with two attached hydrogens (primary N) is 4. The minimum atomic E-state index is -1.93. The third kappa shape index (κ3) is 39.0. The number of imidazole rings is 2. The molecule has 676 valence electrons. The summed E-state index contributed by atoms with van der Waals surface area (Å²) in [5.41, 5.74) is 23.0. The summed E-state index contributed by atoms with van der Waals surface area (Å²) in [7, 11) is 0. The van der Waals surface area contributed by atoms with Crippen molar-refractivity contribution in [3.8, 4) is 5.75 Å². The normalized spacial score (nSPS) is 14.7. The van der Waals surface area contributed by atoms with Crippen LogP contribution in [0, 0.1) is 22.1 Å². The Morgan fingerprint density at radius 1 is 0.443 bits per heavy atom. The molecule has 0 unspecified atom stereocenters. The van der Waals surface area contributed by atoms with Crippen molar-refractivity contribution < 1.29 is 102 Å². The van der Waals surface area contributed by atoms with Crippen molar-refractivity contribution in [1.82, 2.24) is 110 Å². The largest absolute Gasteiger partial charge is 0.508 e. The number of nitrogens with one attached hydrogen (secondary N) is 22. The smallest absolute Gasteiger partial charge is 0.327 e. The number of thiol groups is 2. The van der Waals surface area contributed by atoms with E-state index < -0.39 is 236 Å². The summed E-state index contributed by atoms with van der Waals surface area (Å²) in [4.78, 5) is 232. The number of carboxylic acids is 2. The van der Waals surface area contributed by atoms with Crippen molar-refractivity contribution in [3.63, 3.8) is 0 Å². The zero-order valence-electron chi connectivity index (χ0n) is 67.7. The van der Waals surface area contributed by atoms with E-state index in [1.807, 2.05) is 0 Å². The molecule has 3 rings (SSSR count). The van der Waals surface area contributed by atoms with Gasteiger partial charge in [-0.05, 0) is 95.8 Å². The van der Waals surface area contributed by atoms with Gasteiger partial charge in [0, 0.05) is 80.6 Å². The molecule has 0 fully saturated rings. The Morgan fingerprint density at radius 2 is 0.811 bits per heavy atom. The highest BCUT2D eigenvalue weighted by Gasteiger charge is 2.38. The number of benzene rings is 1. The average Bonchev–Trinajstić information content (AvgIpc) is 0.985. The Bertz CT molecular complexity index is 4040. The van der Waals surface area contributed by atoms with Crippen molar-refractivity contribution in [2.24, 2.45) is 28.9 Å². The van der Waals surface area contributed by atoms with E-state index in [4.69, 9.17) is 39.2 Å². The fourth-order valence-electron chi connectivity index (χ4n) is 11.3. The number of nitrogens with zero attached hydrogens (tertiary/aromatic N) is 2. The Balaban J connectivity index is 1.93. The summed E-state index contributed by atoms with van der Waals surface area (Å²) < 4.78 is 0. The molecule has 0 radical (unpaired) electrons. The van der Waals surface area contributed by atoms with E-state index in [2.05, 4.69) is 136 Å². The molecule has 0 saturated carbocycles. The van der Waals surface area contributed by atoms with Gasteiger partial charge in [0.2, 0.25) is 82.7 Å². The fourth-order valence-corrected chi connectivity index (χ4v) is 11.7. The number of phenolic OH excluding ortho intramolecular Hbond substituents is 1. The number of aliphatic carboxylic acids is 2. The minimum Gasteiger partial charge on any atom is -0.508 e. The lowest BCUT2D eigenvalue weighted by Gasteiger charge is -2.28. The van der Waals surface area contributed by atoms with E-state index in [0.717, 1.165) is 13.8 Å². The third-order valence-electron chi connectivity index (χ3n) is 17.9. The second-order valence-corrected chi connectivity index (χ2v) is 29.2. The number of H-pyrrole nitrogens is 2. The number of aromatic amines is 2. The second-order valence-electron chi connectivity index (χ2n) is 28.5. The highest BCUT2D eigenvalue weighted by Crippen LogP contribution is 2.15. The Kier molecular flexibility index (Phi) is 45.7. The van der Waals surface area contributed by atoms with Gasteiger partial charge in [0.05, 0.1) is 38.0 Å². The number of aromatic nitrogens is 4. The molecular formula is C71H114N28O21S2. The molecule has 15 atom stereocenters. The van der Waals surface area contributed by atoms with Gasteiger partial charge in [0.25, 0.3) is 0 Å². The predicted molar refractivity (Wildman–Crippen MR) is 442 cm³/mol. The molecule has 2 heterocycles. The van der Waals surface area contributed by atoms with E-state index in [0.29, 0.717) is 5.56 Å². The summed E-state index contributed by atoms with van der Waals surface area (Å²) in [5, 5.41) is 115. The van der Waals surface area contributed by atoms with Crippen LogP contribution >= 0.6 is 25.3 Å². The number of carboxylic acid groups (broad SMARTS) is 2. The zero-order chi connectivity index (χ0) is 91.5. The summed E-state index contributed by atoms with van der Waals surface area (Å²) in [6, 6.07) is -16.6. The molecule has 35 N–H and O–H groups in total. The number of aliphatic hydroxyl groups is 2. The number of hydrogen-bond acceptors (Lipinski definition) is 27. The zero-order valence-corrected chi connectivity index (χ0v) is 69.4. The molecule has 122 heavy (non-hydrogen) atoms. The second kappa shape index (κ2) is 53.8. The number of guanidine groups is 3. The summed E-state index contributed by atoms with van der Waals surface area (Å²) >= 11 is 7.93. The first-order chi connectivity index (χ1) is 57.6. The molecule has 0 aliphatic heterocycles. The van der Waals surface area contributed by atoms with Gasteiger partial charge >= 0.3 is 11.9 Å². The monoisotopic (exact) mass is 1760 g/mol. The van der Waals surface area contributed by atoms with Crippen molar-refractivity contribution in [1.29, 1.82) is 16.2 Å². The molecule has 3 aromatic rings. The van der Waals surface area contributed by atoms with Crippen LogP contribution in [0.3, 0.4) is 0 Å². The first-order valence-electron chi connectivity index (χ1n) is 38.4. The van der Waals surface area contributed by atoms with Crippen LogP contribution in [0.2, 0.25) is 0 Å². The topological polar surface area (TPSA) is 812 Å². The van der Waals surface area contributed by atoms with Crippen LogP contribution in [0.25, 0.3) is 0 Å². The Morgan fingerprint density at radius 3 is 1.21 bits per heavy atom.